The van der Waals surface area contributed by atoms with Gasteiger partial charge in [-0.1, -0.05) is 30.3 Å². The summed E-state index contributed by atoms with van der Waals surface area (Å²) in [5.74, 6) is 0.190. The number of nitrogens with one attached hydrogen (secondary N) is 1. The van der Waals surface area contributed by atoms with Crippen molar-refractivity contribution in [3.63, 3.8) is 0 Å². The third-order valence-electron chi connectivity index (χ3n) is 4.30. The minimum atomic E-state index is -0.275. The molecule has 0 atom stereocenters. The Morgan fingerprint density at radius 2 is 1.93 bits per heavy atom. The maximum Gasteiger partial charge on any atom is 0.269 e. The van der Waals surface area contributed by atoms with Gasteiger partial charge in [0.05, 0.1) is 12.2 Å². The minimum absolute atomic E-state index is 0.219. The van der Waals surface area contributed by atoms with Crippen LogP contribution in [0.15, 0.2) is 66.0 Å². The number of hydrogen-bond donors (Lipinski definition) is 1. The molecule has 10 nitrogen and oxygen atoms in total. The van der Waals surface area contributed by atoms with Crippen molar-refractivity contribution in [1.82, 2.24) is 39.6 Å². The summed E-state index contributed by atoms with van der Waals surface area (Å²) in [4.78, 5) is 28.4. The average molecular weight is 390 g/mol. The van der Waals surface area contributed by atoms with Crippen LogP contribution in [-0.2, 0) is 13.6 Å². The first-order chi connectivity index (χ1) is 14.1. The van der Waals surface area contributed by atoms with Gasteiger partial charge < -0.3 is 5.32 Å². The second-order valence-electron chi connectivity index (χ2n) is 6.25. The highest BCUT2D eigenvalue weighted by Crippen LogP contribution is 2.18. The van der Waals surface area contributed by atoms with Crippen LogP contribution in [0.25, 0.3) is 17.1 Å². The van der Waals surface area contributed by atoms with Crippen LogP contribution in [0.4, 0.5) is 0 Å². The quantitative estimate of drug-likeness (QED) is 0.517. The van der Waals surface area contributed by atoms with Crippen molar-refractivity contribution >= 4 is 5.91 Å². The van der Waals surface area contributed by atoms with Crippen molar-refractivity contribution in [2.75, 3.05) is 6.54 Å². The fourth-order valence-corrected chi connectivity index (χ4v) is 2.84. The van der Waals surface area contributed by atoms with Gasteiger partial charge in [0.15, 0.2) is 5.82 Å². The largest absolute Gasteiger partial charge is 0.349 e. The molecule has 0 fully saturated rings. The Bertz CT molecular complexity index is 1180. The molecular weight excluding hydrogens is 372 g/mol. The van der Waals surface area contributed by atoms with E-state index in [2.05, 4.69) is 25.6 Å². The molecule has 0 saturated carbocycles. The first kappa shape index (κ1) is 18.3. The number of amides is 1. The predicted molar refractivity (Wildman–Crippen MR) is 104 cm³/mol. The SMILES string of the molecule is Cn1nc(-c2ccccc2)cc1C(=O)NCCn1nc(-n2cncn2)ccc1=O. The Hall–Kier alpha value is -4.08. The van der Waals surface area contributed by atoms with Crippen molar-refractivity contribution in [3.05, 3.63) is 77.2 Å². The summed E-state index contributed by atoms with van der Waals surface area (Å²) in [5.41, 5.74) is 1.81. The van der Waals surface area contributed by atoms with Crippen LogP contribution in [0.1, 0.15) is 10.5 Å². The van der Waals surface area contributed by atoms with Crippen LogP contribution < -0.4 is 10.9 Å². The molecule has 10 heteroatoms. The highest BCUT2D eigenvalue weighted by molar-refractivity contribution is 5.93. The summed E-state index contributed by atoms with van der Waals surface area (Å²) in [6, 6.07) is 14.3. The molecule has 0 aliphatic heterocycles. The van der Waals surface area contributed by atoms with E-state index in [1.54, 1.807) is 19.2 Å². The highest BCUT2D eigenvalue weighted by Gasteiger charge is 2.14. The number of hydrogen-bond acceptors (Lipinski definition) is 6. The maximum atomic E-state index is 12.5. The number of carbonyl (C=O) groups excluding carboxylic acids is 1. The van der Waals surface area contributed by atoms with Gasteiger partial charge in [0.25, 0.3) is 11.5 Å². The van der Waals surface area contributed by atoms with Crippen molar-refractivity contribution < 1.29 is 4.79 Å². The van der Waals surface area contributed by atoms with Gasteiger partial charge in [-0.05, 0) is 12.1 Å². The normalized spacial score (nSPS) is 10.8. The summed E-state index contributed by atoms with van der Waals surface area (Å²) >= 11 is 0. The summed E-state index contributed by atoms with van der Waals surface area (Å²) in [6.07, 6.45) is 2.88. The van der Waals surface area contributed by atoms with E-state index in [-0.39, 0.29) is 24.6 Å². The van der Waals surface area contributed by atoms with E-state index in [0.29, 0.717) is 11.5 Å². The van der Waals surface area contributed by atoms with Crippen molar-refractivity contribution in [2.24, 2.45) is 7.05 Å². The molecule has 3 heterocycles. The van der Waals surface area contributed by atoms with E-state index in [9.17, 15) is 9.59 Å². The van der Waals surface area contributed by atoms with Gasteiger partial charge >= 0.3 is 0 Å². The van der Waals surface area contributed by atoms with Gasteiger partial charge in [-0.2, -0.15) is 10.2 Å². The monoisotopic (exact) mass is 390 g/mol. The Morgan fingerprint density at radius 3 is 2.69 bits per heavy atom. The Balaban J connectivity index is 1.43. The van der Waals surface area contributed by atoms with E-state index in [0.717, 1.165) is 11.3 Å². The Morgan fingerprint density at radius 1 is 1.10 bits per heavy atom. The molecule has 1 aromatic carbocycles. The van der Waals surface area contributed by atoms with E-state index in [1.807, 2.05) is 30.3 Å². The van der Waals surface area contributed by atoms with Gasteiger partial charge in [0, 0.05) is 25.2 Å². The third-order valence-corrected chi connectivity index (χ3v) is 4.30. The van der Waals surface area contributed by atoms with Crippen molar-refractivity contribution in [1.29, 1.82) is 0 Å². The Kier molecular flexibility index (Phi) is 4.97. The van der Waals surface area contributed by atoms with Crippen molar-refractivity contribution in [3.8, 4) is 17.1 Å². The number of rotatable bonds is 6. The zero-order valence-electron chi connectivity index (χ0n) is 15.6. The zero-order valence-corrected chi connectivity index (χ0v) is 15.6. The topological polar surface area (TPSA) is 113 Å². The average Bonchev–Trinajstić information content (AvgIpc) is 3.40. The van der Waals surface area contributed by atoms with Gasteiger partial charge in [0.2, 0.25) is 0 Å². The number of aromatic nitrogens is 7. The summed E-state index contributed by atoms with van der Waals surface area (Å²) in [7, 11) is 1.72. The fourth-order valence-electron chi connectivity index (χ4n) is 2.84. The second-order valence-corrected chi connectivity index (χ2v) is 6.25. The molecule has 0 unspecified atom stereocenters. The number of aryl methyl sites for hydroxylation is 1. The van der Waals surface area contributed by atoms with E-state index < -0.39 is 0 Å². The van der Waals surface area contributed by atoms with Gasteiger partial charge in [-0.25, -0.2) is 14.3 Å². The molecule has 0 radical (unpaired) electrons. The molecule has 4 aromatic rings. The molecule has 1 N–H and O–H groups in total. The summed E-state index contributed by atoms with van der Waals surface area (Å²) in [5, 5.41) is 15.4. The summed E-state index contributed by atoms with van der Waals surface area (Å²) < 4.78 is 4.26. The first-order valence-corrected chi connectivity index (χ1v) is 8.92. The lowest BCUT2D eigenvalue weighted by atomic mass is 10.1. The molecule has 0 aliphatic carbocycles. The van der Waals surface area contributed by atoms with Crippen LogP contribution in [0, 0.1) is 0 Å². The van der Waals surface area contributed by atoms with E-state index in [1.165, 1.54) is 32.8 Å². The molecule has 0 bridgehead atoms. The lowest BCUT2D eigenvalue weighted by Gasteiger charge is -2.08. The molecule has 4 rings (SSSR count). The standard InChI is InChI=1S/C19H18N8O2/c1-25-16(11-15(23-25)14-5-3-2-4-6-14)19(29)21-9-10-26-18(28)8-7-17(24-26)27-13-20-12-22-27/h2-8,11-13H,9-10H2,1H3,(H,21,29). The maximum absolute atomic E-state index is 12.5. The molecule has 146 valence electrons. The fraction of sp³-hybridized carbons (Fsp3) is 0.158. The lowest BCUT2D eigenvalue weighted by molar-refractivity contribution is 0.0942. The molecule has 0 aliphatic rings. The molecule has 29 heavy (non-hydrogen) atoms. The van der Waals surface area contributed by atoms with Crippen LogP contribution in [0.3, 0.4) is 0 Å². The number of nitrogens with zero attached hydrogens (tertiary/aromatic N) is 7. The third kappa shape index (κ3) is 3.95. The minimum Gasteiger partial charge on any atom is -0.349 e. The number of carbonyl (C=O) groups is 1. The predicted octanol–water partition coefficient (Wildman–Crippen LogP) is 0.654. The van der Waals surface area contributed by atoms with Crippen LogP contribution >= 0.6 is 0 Å². The van der Waals surface area contributed by atoms with Crippen LogP contribution in [-0.4, -0.2) is 46.8 Å². The van der Waals surface area contributed by atoms with E-state index >= 15 is 0 Å². The number of benzene rings is 1. The second kappa shape index (κ2) is 7.89. The molecular formula is C19H18N8O2. The van der Waals surface area contributed by atoms with Gasteiger partial charge in [-0.15, -0.1) is 5.10 Å². The van der Waals surface area contributed by atoms with Crippen LogP contribution in [0.5, 0.6) is 0 Å². The lowest BCUT2D eigenvalue weighted by Crippen LogP contribution is -2.33. The smallest absolute Gasteiger partial charge is 0.269 e. The highest BCUT2D eigenvalue weighted by atomic mass is 16.2. The van der Waals surface area contributed by atoms with E-state index in [4.69, 9.17) is 0 Å². The molecule has 3 aromatic heterocycles. The molecule has 0 spiro atoms. The van der Waals surface area contributed by atoms with Crippen molar-refractivity contribution in [2.45, 2.75) is 6.54 Å². The molecule has 1 amide bonds. The summed E-state index contributed by atoms with van der Waals surface area (Å²) in [6.45, 7) is 0.453. The first-order valence-electron chi connectivity index (χ1n) is 8.92. The Labute approximate surface area is 165 Å². The van der Waals surface area contributed by atoms with Gasteiger partial charge in [-0.3, -0.25) is 14.3 Å². The van der Waals surface area contributed by atoms with Crippen LogP contribution in [0.2, 0.25) is 0 Å². The zero-order chi connectivity index (χ0) is 20.2. The molecule has 0 saturated heterocycles. The van der Waals surface area contributed by atoms with Gasteiger partial charge in [0.1, 0.15) is 18.3 Å².